The van der Waals surface area contributed by atoms with Crippen LogP contribution >= 0.6 is 0 Å². The Hall–Kier alpha value is -2.20. The first-order valence-corrected chi connectivity index (χ1v) is 7.08. The van der Waals surface area contributed by atoms with Gasteiger partial charge in [0.05, 0.1) is 13.2 Å². The van der Waals surface area contributed by atoms with E-state index in [2.05, 4.69) is 0 Å². The van der Waals surface area contributed by atoms with Crippen LogP contribution in [0.25, 0.3) is 0 Å². The summed E-state index contributed by atoms with van der Waals surface area (Å²) in [4.78, 5) is 0. The number of phenols is 2. The van der Waals surface area contributed by atoms with E-state index in [1.54, 1.807) is 24.3 Å². The average molecular weight is 284 g/mol. The Labute approximate surface area is 122 Å². The van der Waals surface area contributed by atoms with E-state index in [4.69, 9.17) is 9.47 Å². The molecule has 3 atom stereocenters. The number of aromatic hydroxyl groups is 2. The molecule has 0 bridgehead atoms. The van der Waals surface area contributed by atoms with Crippen LogP contribution in [0.5, 0.6) is 17.2 Å². The smallest absolute Gasteiger partial charge is 0.129 e. The Morgan fingerprint density at radius 1 is 0.905 bits per heavy atom. The summed E-state index contributed by atoms with van der Waals surface area (Å²) in [6.45, 7) is 1.30. The van der Waals surface area contributed by atoms with Gasteiger partial charge >= 0.3 is 0 Å². The van der Waals surface area contributed by atoms with Gasteiger partial charge in [-0.3, -0.25) is 0 Å². The average Bonchev–Trinajstić information content (AvgIpc) is 2.97. The van der Waals surface area contributed by atoms with Gasteiger partial charge in [0.15, 0.2) is 0 Å². The van der Waals surface area contributed by atoms with Gasteiger partial charge in [0.25, 0.3) is 0 Å². The van der Waals surface area contributed by atoms with E-state index in [1.165, 1.54) is 0 Å². The Balaban J connectivity index is 1.77. The van der Waals surface area contributed by atoms with Gasteiger partial charge in [-0.05, 0) is 35.9 Å². The molecule has 2 N–H and O–H groups in total. The van der Waals surface area contributed by atoms with E-state index in [1.807, 2.05) is 18.2 Å². The summed E-state index contributed by atoms with van der Waals surface area (Å²) in [5.41, 5.74) is 2.06. The highest BCUT2D eigenvalue weighted by Crippen LogP contribution is 2.49. The lowest BCUT2D eigenvalue weighted by Gasteiger charge is -2.35. The molecule has 108 valence electrons. The van der Waals surface area contributed by atoms with Gasteiger partial charge in [0, 0.05) is 17.4 Å². The Morgan fingerprint density at radius 3 is 2.48 bits per heavy atom. The number of rotatable bonds is 1. The number of ether oxygens (including phenoxy) is 2. The Bertz CT molecular complexity index is 665. The molecule has 1 fully saturated rings. The molecule has 2 aromatic carbocycles. The highest BCUT2D eigenvalue weighted by molar-refractivity contribution is 5.45. The van der Waals surface area contributed by atoms with Crippen molar-refractivity contribution in [2.24, 2.45) is 5.92 Å². The lowest BCUT2D eigenvalue weighted by atomic mass is 9.80. The van der Waals surface area contributed by atoms with Crippen LogP contribution in [0.1, 0.15) is 23.1 Å². The molecule has 2 aromatic rings. The second-order valence-corrected chi connectivity index (χ2v) is 5.66. The number of hydrogen-bond donors (Lipinski definition) is 2. The SMILES string of the molecule is Oc1ccc(C2Oc3ccc(O)cc3[C@@H]3COC[C@H]23)cc1. The molecule has 0 radical (unpaired) electrons. The minimum absolute atomic E-state index is 0.0878. The Morgan fingerprint density at radius 2 is 1.67 bits per heavy atom. The van der Waals surface area contributed by atoms with E-state index in [0.717, 1.165) is 16.9 Å². The Kier molecular flexibility index (Phi) is 2.79. The van der Waals surface area contributed by atoms with Crippen LogP contribution in [0.4, 0.5) is 0 Å². The molecule has 0 saturated carbocycles. The summed E-state index contributed by atoms with van der Waals surface area (Å²) in [5.74, 6) is 1.77. The van der Waals surface area contributed by atoms with E-state index < -0.39 is 0 Å². The van der Waals surface area contributed by atoms with Crippen LogP contribution in [0.3, 0.4) is 0 Å². The maximum atomic E-state index is 9.70. The molecule has 1 saturated heterocycles. The lowest BCUT2D eigenvalue weighted by Crippen LogP contribution is -2.29. The van der Waals surface area contributed by atoms with Crippen molar-refractivity contribution < 1.29 is 19.7 Å². The van der Waals surface area contributed by atoms with Gasteiger partial charge in [-0.25, -0.2) is 0 Å². The fraction of sp³-hybridized carbons (Fsp3) is 0.294. The third-order valence-corrected chi connectivity index (χ3v) is 4.38. The molecule has 0 aliphatic carbocycles. The van der Waals surface area contributed by atoms with Crippen molar-refractivity contribution in [2.75, 3.05) is 13.2 Å². The summed E-state index contributed by atoms with van der Waals surface area (Å²) in [5, 5.41) is 19.1. The quantitative estimate of drug-likeness (QED) is 0.845. The third kappa shape index (κ3) is 2.03. The fourth-order valence-corrected chi connectivity index (χ4v) is 3.33. The molecule has 4 nitrogen and oxygen atoms in total. The molecule has 2 heterocycles. The molecule has 0 amide bonds. The molecule has 2 aliphatic rings. The maximum Gasteiger partial charge on any atom is 0.129 e. The zero-order chi connectivity index (χ0) is 14.4. The predicted molar refractivity (Wildman–Crippen MR) is 76.6 cm³/mol. The summed E-state index contributed by atoms with van der Waals surface area (Å²) < 4.78 is 11.8. The van der Waals surface area contributed by atoms with E-state index in [9.17, 15) is 10.2 Å². The fourth-order valence-electron chi connectivity index (χ4n) is 3.33. The van der Waals surface area contributed by atoms with Gasteiger partial charge in [-0.1, -0.05) is 12.1 Å². The van der Waals surface area contributed by atoms with Gasteiger partial charge in [0.2, 0.25) is 0 Å². The first-order valence-electron chi connectivity index (χ1n) is 7.08. The minimum atomic E-state index is -0.0878. The van der Waals surface area contributed by atoms with Crippen molar-refractivity contribution >= 4 is 0 Å². The summed E-state index contributed by atoms with van der Waals surface area (Å²) in [7, 11) is 0. The van der Waals surface area contributed by atoms with Crippen LogP contribution in [-0.4, -0.2) is 23.4 Å². The zero-order valence-corrected chi connectivity index (χ0v) is 11.4. The molecule has 2 aliphatic heterocycles. The zero-order valence-electron chi connectivity index (χ0n) is 11.4. The van der Waals surface area contributed by atoms with Gasteiger partial charge in [0.1, 0.15) is 23.4 Å². The molecule has 4 rings (SSSR count). The van der Waals surface area contributed by atoms with E-state index in [0.29, 0.717) is 13.2 Å². The molecule has 4 heteroatoms. The number of phenolic OH excluding ortho intramolecular Hbond substituents is 2. The molecule has 0 spiro atoms. The highest BCUT2D eigenvalue weighted by atomic mass is 16.5. The maximum absolute atomic E-state index is 9.70. The van der Waals surface area contributed by atoms with Crippen molar-refractivity contribution in [2.45, 2.75) is 12.0 Å². The van der Waals surface area contributed by atoms with Crippen molar-refractivity contribution in [3.63, 3.8) is 0 Å². The number of benzene rings is 2. The summed E-state index contributed by atoms with van der Waals surface area (Å²) in [6.07, 6.45) is -0.0878. The molecule has 1 unspecified atom stereocenters. The predicted octanol–water partition coefficient (Wildman–Crippen LogP) is 2.96. The van der Waals surface area contributed by atoms with Gasteiger partial charge in [-0.2, -0.15) is 0 Å². The van der Waals surface area contributed by atoms with E-state index >= 15 is 0 Å². The molecular formula is C17H16O4. The summed E-state index contributed by atoms with van der Waals surface area (Å²) in [6, 6.07) is 12.4. The number of fused-ring (bicyclic) bond motifs is 3. The topological polar surface area (TPSA) is 58.9 Å². The monoisotopic (exact) mass is 284 g/mol. The largest absolute Gasteiger partial charge is 0.508 e. The van der Waals surface area contributed by atoms with Crippen molar-refractivity contribution in [3.8, 4) is 17.2 Å². The first kappa shape index (κ1) is 12.5. The van der Waals surface area contributed by atoms with Crippen LogP contribution in [0.2, 0.25) is 0 Å². The lowest BCUT2D eigenvalue weighted by molar-refractivity contribution is 0.0958. The highest BCUT2D eigenvalue weighted by Gasteiger charge is 2.43. The van der Waals surface area contributed by atoms with Crippen molar-refractivity contribution in [3.05, 3.63) is 53.6 Å². The third-order valence-electron chi connectivity index (χ3n) is 4.38. The second-order valence-electron chi connectivity index (χ2n) is 5.66. The normalized spacial score (nSPS) is 26.8. The standard InChI is InChI=1S/C17H16O4/c18-11-3-1-10(2-4-11)17-15-9-20-8-14(15)13-7-12(19)5-6-16(13)21-17/h1-7,14-15,17-19H,8-9H2/t14-,15-,17?/m0/s1. The minimum Gasteiger partial charge on any atom is -0.508 e. The molecule has 0 aromatic heterocycles. The molecule has 21 heavy (non-hydrogen) atoms. The second kappa shape index (κ2) is 4.67. The van der Waals surface area contributed by atoms with Crippen molar-refractivity contribution in [1.29, 1.82) is 0 Å². The van der Waals surface area contributed by atoms with Crippen LogP contribution in [-0.2, 0) is 4.74 Å². The van der Waals surface area contributed by atoms with Gasteiger partial charge < -0.3 is 19.7 Å². The van der Waals surface area contributed by atoms with Crippen LogP contribution in [0, 0.1) is 5.92 Å². The van der Waals surface area contributed by atoms with Crippen molar-refractivity contribution in [1.82, 2.24) is 0 Å². The van der Waals surface area contributed by atoms with Crippen LogP contribution < -0.4 is 4.74 Å². The number of hydrogen-bond acceptors (Lipinski definition) is 4. The first-order chi connectivity index (χ1) is 10.2. The van der Waals surface area contributed by atoms with Crippen LogP contribution in [0.15, 0.2) is 42.5 Å². The van der Waals surface area contributed by atoms with E-state index in [-0.39, 0.29) is 29.4 Å². The summed E-state index contributed by atoms with van der Waals surface area (Å²) >= 11 is 0. The molecular weight excluding hydrogens is 268 g/mol. The van der Waals surface area contributed by atoms with Gasteiger partial charge in [-0.15, -0.1) is 0 Å².